The van der Waals surface area contributed by atoms with Gasteiger partial charge in [-0.05, 0) is 43.8 Å². The molecule has 0 aliphatic carbocycles. The fraction of sp³-hybridized carbons (Fsp3) is 0.462. The van der Waals surface area contributed by atoms with Crippen LogP contribution in [-0.2, 0) is 6.18 Å². The molecule has 0 aromatic heterocycles. The number of nitrogens with one attached hydrogen (secondary N) is 2. The van der Waals surface area contributed by atoms with Crippen LogP contribution in [0.2, 0.25) is 0 Å². The van der Waals surface area contributed by atoms with E-state index in [1.54, 1.807) is 6.07 Å². The molecule has 106 valence electrons. The number of benzene rings is 1. The van der Waals surface area contributed by atoms with Crippen LogP contribution >= 0.6 is 12.2 Å². The van der Waals surface area contributed by atoms with E-state index in [0.717, 1.165) is 25.0 Å². The summed E-state index contributed by atoms with van der Waals surface area (Å²) in [5.74, 6) is 0. The molecule has 0 fully saturated rings. The van der Waals surface area contributed by atoms with Crippen molar-refractivity contribution in [2.24, 2.45) is 0 Å². The van der Waals surface area contributed by atoms with Gasteiger partial charge in [-0.2, -0.15) is 13.2 Å². The van der Waals surface area contributed by atoms with Crippen LogP contribution < -0.4 is 10.6 Å². The van der Waals surface area contributed by atoms with Gasteiger partial charge in [-0.1, -0.05) is 19.4 Å². The third-order valence-electron chi connectivity index (χ3n) is 2.55. The zero-order valence-corrected chi connectivity index (χ0v) is 11.7. The first-order valence-electron chi connectivity index (χ1n) is 6.07. The number of anilines is 1. The van der Waals surface area contributed by atoms with Crippen molar-refractivity contribution in [1.29, 1.82) is 0 Å². The van der Waals surface area contributed by atoms with Gasteiger partial charge in [0.15, 0.2) is 5.11 Å². The van der Waals surface area contributed by atoms with Crippen LogP contribution in [0, 0.1) is 0 Å². The summed E-state index contributed by atoms with van der Waals surface area (Å²) in [7, 11) is 0. The summed E-state index contributed by atoms with van der Waals surface area (Å²) in [6, 6.07) is 5.16. The van der Waals surface area contributed by atoms with Crippen LogP contribution in [0.5, 0.6) is 0 Å². The second-order valence-electron chi connectivity index (χ2n) is 4.37. The highest BCUT2D eigenvalue weighted by molar-refractivity contribution is 7.80. The van der Waals surface area contributed by atoms with Crippen molar-refractivity contribution in [2.75, 3.05) is 5.32 Å². The monoisotopic (exact) mass is 290 g/mol. The number of hydrogen-bond acceptors (Lipinski definition) is 1. The van der Waals surface area contributed by atoms with Gasteiger partial charge in [0, 0.05) is 11.7 Å². The first-order valence-corrected chi connectivity index (χ1v) is 6.48. The van der Waals surface area contributed by atoms with Crippen molar-refractivity contribution >= 4 is 23.0 Å². The molecule has 0 aliphatic rings. The predicted octanol–water partition coefficient (Wildman–Crippen LogP) is 4.18. The third-order valence-corrected chi connectivity index (χ3v) is 2.77. The lowest BCUT2D eigenvalue weighted by Crippen LogP contribution is -2.35. The van der Waals surface area contributed by atoms with Gasteiger partial charge in [-0.15, -0.1) is 0 Å². The Morgan fingerprint density at radius 3 is 2.63 bits per heavy atom. The zero-order valence-electron chi connectivity index (χ0n) is 10.8. The normalized spacial score (nSPS) is 12.9. The van der Waals surface area contributed by atoms with Crippen molar-refractivity contribution in [3.63, 3.8) is 0 Å². The highest BCUT2D eigenvalue weighted by atomic mass is 32.1. The van der Waals surface area contributed by atoms with Gasteiger partial charge in [0.05, 0.1) is 5.56 Å². The molecular weight excluding hydrogens is 273 g/mol. The van der Waals surface area contributed by atoms with E-state index in [0.29, 0.717) is 10.8 Å². The van der Waals surface area contributed by atoms with Crippen molar-refractivity contribution in [2.45, 2.75) is 38.9 Å². The minimum Gasteiger partial charge on any atom is -0.360 e. The van der Waals surface area contributed by atoms with Crippen LogP contribution in [0.15, 0.2) is 24.3 Å². The molecule has 0 amide bonds. The fourth-order valence-corrected chi connectivity index (χ4v) is 1.99. The lowest BCUT2D eigenvalue weighted by atomic mass is 10.2. The maximum absolute atomic E-state index is 12.5. The average Bonchev–Trinajstić information content (AvgIpc) is 2.28. The molecule has 0 bridgehead atoms. The van der Waals surface area contributed by atoms with Crippen molar-refractivity contribution < 1.29 is 13.2 Å². The molecular formula is C13H17F3N2S. The smallest absolute Gasteiger partial charge is 0.360 e. The van der Waals surface area contributed by atoms with E-state index in [9.17, 15) is 13.2 Å². The minimum absolute atomic E-state index is 0.191. The van der Waals surface area contributed by atoms with Gasteiger partial charge in [0.2, 0.25) is 0 Å². The molecule has 0 aliphatic heterocycles. The number of halogens is 3. The summed E-state index contributed by atoms with van der Waals surface area (Å²) < 4.78 is 37.6. The summed E-state index contributed by atoms with van der Waals surface area (Å²) in [6.07, 6.45) is -2.38. The third kappa shape index (κ3) is 5.46. The number of rotatable bonds is 4. The highest BCUT2D eigenvalue weighted by Gasteiger charge is 2.30. The van der Waals surface area contributed by atoms with Gasteiger partial charge in [-0.25, -0.2) is 0 Å². The van der Waals surface area contributed by atoms with Crippen molar-refractivity contribution in [1.82, 2.24) is 5.32 Å². The zero-order chi connectivity index (χ0) is 14.5. The van der Waals surface area contributed by atoms with Crippen LogP contribution in [0.4, 0.5) is 18.9 Å². The molecule has 1 aromatic rings. The minimum atomic E-state index is -4.35. The van der Waals surface area contributed by atoms with Gasteiger partial charge >= 0.3 is 6.18 Å². The largest absolute Gasteiger partial charge is 0.416 e. The van der Waals surface area contributed by atoms with E-state index < -0.39 is 11.7 Å². The second-order valence-corrected chi connectivity index (χ2v) is 4.77. The topological polar surface area (TPSA) is 24.1 Å². The molecule has 0 heterocycles. The Morgan fingerprint density at radius 1 is 1.37 bits per heavy atom. The molecule has 6 heteroatoms. The Kier molecular flexibility index (Phi) is 5.60. The Bertz CT molecular complexity index is 432. The molecule has 1 aromatic carbocycles. The van der Waals surface area contributed by atoms with Crippen molar-refractivity contribution in [3.05, 3.63) is 29.8 Å². The number of alkyl halides is 3. The second kappa shape index (κ2) is 6.75. The molecule has 1 atom stereocenters. The maximum atomic E-state index is 12.5. The summed E-state index contributed by atoms with van der Waals surface area (Å²) in [5, 5.41) is 6.12. The van der Waals surface area contributed by atoms with E-state index >= 15 is 0 Å². The van der Waals surface area contributed by atoms with Crippen LogP contribution in [-0.4, -0.2) is 11.2 Å². The van der Waals surface area contributed by atoms with Crippen LogP contribution in [0.1, 0.15) is 32.3 Å². The Balaban J connectivity index is 2.65. The summed E-state index contributed by atoms with van der Waals surface area (Å²) in [6.45, 7) is 4.03. The predicted molar refractivity (Wildman–Crippen MR) is 75.2 cm³/mol. The molecule has 19 heavy (non-hydrogen) atoms. The van der Waals surface area contributed by atoms with Gasteiger partial charge in [0.1, 0.15) is 0 Å². The lowest BCUT2D eigenvalue weighted by Gasteiger charge is -2.17. The first kappa shape index (κ1) is 15.8. The molecule has 0 unspecified atom stereocenters. The Hall–Kier alpha value is -1.30. The van der Waals surface area contributed by atoms with E-state index in [2.05, 4.69) is 17.6 Å². The lowest BCUT2D eigenvalue weighted by molar-refractivity contribution is -0.137. The molecule has 2 nitrogen and oxygen atoms in total. The standard InChI is InChI=1S/C13H17F3N2S/c1-3-5-9(2)17-12(19)18-11-7-4-6-10(8-11)13(14,15)16/h4,6-9H,3,5H2,1-2H3,(H2,17,18,19)/t9-/m0/s1. The fourth-order valence-electron chi connectivity index (χ4n) is 1.67. The first-order chi connectivity index (χ1) is 8.82. The SMILES string of the molecule is CCC[C@H](C)NC(=S)Nc1cccc(C(F)(F)F)c1. The summed E-state index contributed by atoms with van der Waals surface area (Å²) in [4.78, 5) is 0. The summed E-state index contributed by atoms with van der Waals surface area (Å²) in [5.41, 5.74) is -0.363. The highest BCUT2D eigenvalue weighted by Crippen LogP contribution is 2.30. The van der Waals surface area contributed by atoms with E-state index in [1.165, 1.54) is 6.07 Å². The van der Waals surface area contributed by atoms with Crippen LogP contribution in [0.3, 0.4) is 0 Å². The number of thiocarbonyl (C=S) groups is 1. The van der Waals surface area contributed by atoms with E-state index in [-0.39, 0.29) is 6.04 Å². The van der Waals surface area contributed by atoms with E-state index in [1.807, 2.05) is 6.92 Å². The summed E-state index contributed by atoms with van der Waals surface area (Å²) >= 11 is 5.06. The number of hydrogen-bond donors (Lipinski definition) is 2. The maximum Gasteiger partial charge on any atom is 0.416 e. The van der Waals surface area contributed by atoms with Gasteiger partial charge in [-0.3, -0.25) is 0 Å². The molecule has 0 spiro atoms. The van der Waals surface area contributed by atoms with Crippen LogP contribution in [0.25, 0.3) is 0 Å². The Morgan fingerprint density at radius 2 is 2.05 bits per heavy atom. The average molecular weight is 290 g/mol. The molecule has 0 saturated carbocycles. The van der Waals surface area contributed by atoms with Gasteiger partial charge in [0.25, 0.3) is 0 Å². The molecule has 1 rings (SSSR count). The Labute approximate surface area is 116 Å². The van der Waals surface area contributed by atoms with Gasteiger partial charge < -0.3 is 10.6 Å². The molecule has 0 saturated heterocycles. The molecule has 2 N–H and O–H groups in total. The van der Waals surface area contributed by atoms with Crippen molar-refractivity contribution in [3.8, 4) is 0 Å². The molecule has 0 radical (unpaired) electrons. The quantitative estimate of drug-likeness (QED) is 0.813. The van der Waals surface area contributed by atoms with E-state index in [4.69, 9.17) is 12.2 Å².